The average molecular weight is 260 g/mol. The summed E-state index contributed by atoms with van der Waals surface area (Å²) < 4.78 is 23.9. The Hall–Kier alpha value is -2.07. The summed E-state index contributed by atoms with van der Waals surface area (Å²) in [6, 6.07) is 11.1. The van der Waals surface area contributed by atoms with Crippen molar-refractivity contribution in [3.63, 3.8) is 0 Å². The smallest absolute Gasteiger partial charge is 0.167 e. The first-order valence-corrected chi connectivity index (χ1v) is 6.08. The number of para-hydroxylation sites is 1. The second kappa shape index (κ2) is 4.90. The van der Waals surface area contributed by atoms with Crippen LogP contribution in [-0.2, 0) is 0 Å². The fraction of sp³-hybridized carbons (Fsp3) is 0.200. The number of rotatable bonds is 2. The van der Waals surface area contributed by atoms with Gasteiger partial charge in [0.25, 0.3) is 0 Å². The van der Waals surface area contributed by atoms with Gasteiger partial charge in [-0.1, -0.05) is 24.3 Å². The van der Waals surface area contributed by atoms with Crippen molar-refractivity contribution < 1.29 is 19.0 Å². The molecule has 1 atom stereocenters. The van der Waals surface area contributed by atoms with Gasteiger partial charge in [0.2, 0.25) is 0 Å². The van der Waals surface area contributed by atoms with Crippen LogP contribution in [0.15, 0.2) is 42.5 Å². The van der Waals surface area contributed by atoms with E-state index in [-0.39, 0.29) is 5.82 Å². The van der Waals surface area contributed by atoms with E-state index in [9.17, 15) is 9.50 Å². The quantitative estimate of drug-likeness (QED) is 0.902. The summed E-state index contributed by atoms with van der Waals surface area (Å²) in [7, 11) is 0. The molecule has 98 valence electrons. The van der Waals surface area contributed by atoms with Gasteiger partial charge in [-0.15, -0.1) is 0 Å². The number of hydrogen-bond acceptors (Lipinski definition) is 3. The molecule has 1 unspecified atom stereocenters. The van der Waals surface area contributed by atoms with Gasteiger partial charge in [0.1, 0.15) is 25.1 Å². The Morgan fingerprint density at radius 3 is 2.53 bits per heavy atom. The Labute approximate surface area is 110 Å². The topological polar surface area (TPSA) is 38.7 Å². The molecule has 2 aromatic rings. The van der Waals surface area contributed by atoms with Gasteiger partial charge in [-0.05, 0) is 23.8 Å². The van der Waals surface area contributed by atoms with E-state index in [1.165, 1.54) is 12.1 Å². The lowest BCUT2D eigenvalue weighted by molar-refractivity contribution is 0.158. The van der Waals surface area contributed by atoms with E-state index in [4.69, 9.17) is 9.47 Å². The Morgan fingerprint density at radius 1 is 1.00 bits per heavy atom. The lowest BCUT2D eigenvalue weighted by Gasteiger charge is -2.23. The third kappa shape index (κ3) is 2.27. The van der Waals surface area contributed by atoms with Gasteiger partial charge in [-0.25, -0.2) is 4.39 Å². The number of ether oxygens (including phenoxy) is 2. The minimum atomic E-state index is -0.864. The van der Waals surface area contributed by atoms with Crippen molar-refractivity contribution in [1.82, 2.24) is 0 Å². The van der Waals surface area contributed by atoms with Gasteiger partial charge in [-0.3, -0.25) is 0 Å². The third-order valence-corrected chi connectivity index (χ3v) is 3.08. The number of halogens is 1. The van der Waals surface area contributed by atoms with Gasteiger partial charge in [0, 0.05) is 5.56 Å². The molecule has 3 nitrogen and oxygen atoms in total. The van der Waals surface area contributed by atoms with Gasteiger partial charge in [0.05, 0.1) is 0 Å². The predicted octanol–water partition coefficient (Wildman–Crippen LogP) is 2.68. The molecule has 19 heavy (non-hydrogen) atoms. The van der Waals surface area contributed by atoms with Crippen molar-refractivity contribution in [1.29, 1.82) is 0 Å². The van der Waals surface area contributed by atoms with Crippen molar-refractivity contribution in [3.05, 3.63) is 59.4 Å². The molecular weight excluding hydrogens is 247 g/mol. The minimum absolute atomic E-state index is 0.328. The van der Waals surface area contributed by atoms with Crippen LogP contribution >= 0.6 is 0 Å². The highest BCUT2D eigenvalue weighted by atomic mass is 19.1. The molecule has 1 aliphatic heterocycles. The summed E-state index contributed by atoms with van der Waals surface area (Å²) in [6.07, 6.45) is -0.864. The van der Waals surface area contributed by atoms with Crippen LogP contribution in [0.1, 0.15) is 17.2 Å². The maximum Gasteiger partial charge on any atom is 0.167 e. The molecule has 1 aliphatic rings. The Bertz CT molecular complexity index is 580. The number of benzene rings is 2. The van der Waals surface area contributed by atoms with Crippen LogP contribution in [0.5, 0.6) is 11.5 Å². The zero-order chi connectivity index (χ0) is 13.2. The van der Waals surface area contributed by atoms with Crippen LogP contribution in [0.2, 0.25) is 0 Å². The average Bonchev–Trinajstić information content (AvgIpc) is 2.47. The normalized spacial score (nSPS) is 15.1. The summed E-state index contributed by atoms with van der Waals surface area (Å²) in [5.41, 5.74) is 1.24. The van der Waals surface area contributed by atoms with E-state index in [0.717, 1.165) is 0 Å². The van der Waals surface area contributed by atoms with Crippen LogP contribution in [0.25, 0.3) is 0 Å². The Balaban J connectivity index is 1.99. The molecule has 0 saturated heterocycles. The van der Waals surface area contributed by atoms with Crippen molar-refractivity contribution in [2.45, 2.75) is 6.10 Å². The van der Waals surface area contributed by atoms with E-state index in [1.807, 2.05) is 0 Å². The predicted molar refractivity (Wildman–Crippen MR) is 67.9 cm³/mol. The summed E-state index contributed by atoms with van der Waals surface area (Å²) in [5, 5.41) is 10.4. The maximum atomic E-state index is 12.9. The van der Waals surface area contributed by atoms with Crippen LogP contribution in [-0.4, -0.2) is 18.3 Å². The van der Waals surface area contributed by atoms with Gasteiger partial charge >= 0.3 is 0 Å². The standard InChI is InChI=1S/C15H13FO3/c16-11-6-4-10(5-7-11)14(17)12-2-1-3-13-15(12)19-9-8-18-13/h1-7,14,17H,8-9H2. The highest BCUT2D eigenvalue weighted by Gasteiger charge is 2.21. The lowest BCUT2D eigenvalue weighted by Crippen LogP contribution is -2.17. The molecule has 1 N–H and O–H groups in total. The van der Waals surface area contributed by atoms with Crippen LogP contribution in [0.4, 0.5) is 4.39 Å². The van der Waals surface area contributed by atoms with E-state index in [0.29, 0.717) is 35.8 Å². The molecule has 3 rings (SSSR count). The number of hydrogen-bond donors (Lipinski definition) is 1. The highest BCUT2D eigenvalue weighted by Crippen LogP contribution is 2.38. The van der Waals surface area contributed by atoms with Crippen molar-refractivity contribution >= 4 is 0 Å². The van der Waals surface area contributed by atoms with Crippen molar-refractivity contribution in [3.8, 4) is 11.5 Å². The lowest BCUT2D eigenvalue weighted by atomic mass is 10.00. The zero-order valence-corrected chi connectivity index (χ0v) is 10.2. The second-order valence-electron chi connectivity index (χ2n) is 4.33. The molecule has 0 spiro atoms. The molecule has 0 amide bonds. The Kier molecular flexibility index (Phi) is 3.09. The summed E-state index contributed by atoms with van der Waals surface area (Å²) in [5.74, 6) is 0.862. The maximum absolute atomic E-state index is 12.9. The number of fused-ring (bicyclic) bond motifs is 1. The van der Waals surface area contributed by atoms with E-state index in [2.05, 4.69) is 0 Å². The first-order valence-electron chi connectivity index (χ1n) is 6.08. The van der Waals surface area contributed by atoms with Gasteiger partial charge in [0.15, 0.2) is 11.5 Å². The third-order valence-electron chi connectivity index (χ3n) is 3.08. The summed E-state index contributed by atoms with van der Waals surface area (Å²) >= 11 is 0. The fourth-order valence-electron chi connectivity index (χ4n) is 2.14. The fourth-order valence-corrected chi connectivity index (χ4v) is 2.14. The van der Waals surface area contributed by atoms with Crippen LogP contribution in [0.3, 0.4) is 0 Å². The molecule has 4 heteroatoms. The van der Waals surface area contributed by atoms with Crippen LogP contribution < -0.4 is 9.47 Å². The molecule has 2 aromatic carbocycles. The Morgan fingerprint density at radius 2 is 1.74 bits per heavy atom. The molecule has 0 aromatic heterocycles. The van der Waals surface area contributed by atoms with E-state index >= 15 is 0 Å². The monoisotopic (exact) mass is 260 g/mol. The van der Waals surface area contributed by atoms with Gasteiger partial charge < -0.3 is 14.6 Å². The van der Waals surface area contributed by atoms with E-state index in [1.54, 1.807) is 30.3 Å². The van der Waals surface area contributed by atoms with E-state index < -0.39 is 6.10 Å². The summed E-state index contributed by atoms with van der Waals surface area (Å²) in [4.78, 5) is 0. The number of aliphatic hydroxyl groups excluding tert-OH is 1. The molecule has 0 aliphatic carbocycles. The first kappa shape index (κ1) is 12.0. The zero-order valence-electron chi connectivity index (χ0n) is 10.2. The largest absolute Gasteiger partial charge is 0.486 e. The van der Waals surface area contributed by atoms with Crippen LogP contribution in [0, 0.1) is 5.82 Å². The number of aliphatic hydroxyl groups is 1. The molecule has 0 bridgehead atoms. The SMILES string of the molecule is OC(c1ccc(F)cc1)c1cccc2c1OCCO2. The molecular formula is C15H13FO3. The molecule has 0 saturated carbocycles. The van der Waals surface area contributed by atoms with Crippen molar-refractivity contribution in [2.24, 2.45) is 0 Å². The molecule has 0 fully saturated rings. The molecule has 1 heterocycles. The highest BCUT2D eigenvalue weighted by molar-refractivity contribution is 5.50. The minimum Gasteiger partial charge on any atom is -0.486 e. The molecule has 0 radical (unpaired) electrons. The van der Waals surface area contributed by atoms with Crippen molar-refractivity contribution in [2.75, 3.05) is 13.2 Å². The first-order chi connectivity index (χ1) is 9.25. The van der Waals surface area contributed by atoms with Gasteiger partial charge in [-0.2, -0.15) is 0 Å². The second-order valence-corrected chi connectivity index (χ2v) is 4.33. The summed E-state index contributed by atoms with van der Waals surface area (Å²) in [6.45, 7) is 0.962.